The number of halogens is 1. The Kier molecular flexibility index (Phi) is 5.03. The van der Waals surface area contributed by atoms with Crippen molar-refractivity contribution >= 4 is 17.5 Å². The van der Waals surface area contributed by atoms with Crippen LogP contribution in [0.15, 0.2) is 43.0 Å². The molecule has 0 aliphatic heterocycles. The first-order valence-corrected chi connectivity index (χ1v) is 6.46. The smallest absolute Gasteiger partial charge is 0.313 e. The largest absolute Gasteiger partial charge is 0.348 e. The molecular weight excluding hydrogens is 275 g/mol. The second-order valence-electron chi connectivity index (χ2n) is 4.34. The van der Waals surface area contributed by atoms with Crippen molar-refractivity contribution < 1.29 is 14.0 Å². The number of hydrogen-bond donors (Lipinski definition) is 2. The second-order valence-corrected chi connectivity index (χ2v) is 4.34. The molecule has 0 radical (unpaired) electrons. The van der Waals surface area contributed by atoms with Gasteiger partial charge in [0.15, 0.2) is 0 Å². The number of benzene rings is 1. The third kappa shape index (κ3) is 4.41. The van der Waals surface area contributed by atoms with E-state index in [-0.39, 0.29) is 5.69 Å². The van der Waals surface area contributed by atoms with Crippen molar-refractivity contribution in [2.45, 2.75) is 13.0 Å². The van der Waals surface area contributed by atoms with E-state index in [2.05, 4.69) is 15.6 Å². The minimum Gasteiger partial charge on any atom is -0.348 e. The van der Waals surface area contributed by atoms with Crippen LogP contribution in [0, 0.1) is 5.82 Å². The molecular formula is C14H15FN4O2. The van der Waals surface area contributed by atoms with Crippen molar-refractivity contribution in [3.05, 3.63) is 48.8 Å². The Morgan fingerprint density at radius 2 is 2.05 bits per heavy atom. The number of imidazole rings is 1. The number of anilines is 1. The van der Waals surface area contributed by atoms with Crippen molar-refractivity contribution in [1.82, 2.24) is 14.9 Å². The first kappa shape index (κ1) is 14.7. The van der Waals surface area contributed by atoms with Gasteiger partial charge in [-0.2, -0.15) is 0 Å². The molecule has 0 atom stereocenters. The summed E-state index contributed by atoms with van der Waals surface area (Å²) in [6.07, 6.45) is 5.81. The summed E-state index contributed by atoms with van der Waals surface area (Å²) in [5.74, 6) is -2.26. The summed E-state index contributed by atoms with van der Waals surface area (Å²) in [6, 6.07) is 5.67. The molecule has 110 valence electrons. The third-order valence-corrected chi connectivity index (χ3v) is 2.77. The summed E-state index contributed by atoms with van der Waals surface area (Å²) in [6.45, 7) is 1.04. The summed E-state index contributed by atoms with van der Waals surface area (Å²) in [7, 11) is 0. The van der Waals surface area contributed by atoms with Gasteiger partial charge in [-0.05, 0) is 18.6 Å². The molecule has 1 heterocycles. The molecule has 0 spiro atoms. The van der Waals surface area contributed by atoms with Crippen LogP contribution in [0.4, 0.5) is 10.1 Å². The number of aryl methyl sites for hydroxylation is 1. The first-order valence-electron chi connectivity index (χ1n) is 6.46. The minimum absolute atomic E-state index is 0.0175. The van der Waals surface area contributed by atoms with E-state index in [4.69, 9.17) is 0 Å². The van der Waals surface area contributed by atoms with E-state index in [0.29, 0.717) is 19.5 Å². The number of amides is 2. The topological polar surface area (TPSA) is 76.0 Å². The Morgan fingerprint density at radius 1 is 1.24 bits per heavy atom. The minimum atomic E-state index is -0.886. The maximum absolute atomic E-state index is 13.3. The van der Waals surface area contributed by atoms with Crippen LogP contribution in [-0.4, -0.2) is 27.9 Å². The maximum atomic E-state index is 13.3. The van der Waals surface area contributed by atoms with Gasteiger partial charge < -0.3 is 15.2 Å². The lowest BCUT2D eigenvalue weighted by Crippen LogP contribution is -2.36. The highest BCUT2D eigenvalue weighted by Gasteiger charge is 2.14. The van der Waals surface area contributed by atoms with Gasteiger partial charge in [0, 0.05) is 25.5 Å². The van der Waals surface area contributed by atoms with Gasteiger partial charge in [-0.15, -0.1) is 0 Å². The van der Waals surface area contributed by atoms with Crippen molar-refractivity contribution in [3.63, 3.8) is 0 Å². The molecule has 0 bridgehead atoms. The maximum Gasteiger partial charge on any atom is 0.313 e. The fourth-order valence-electron chi connectivity index (χ4n) is 1.70. The number of para-hydroxylation sites is 1. The summed E-state index contributed by atoms with van der Waals surface area (Å²) >= 11 is 0. The van der Waals surface area contributed by atoms with Crippen LogP contribution in [0.5, 0.6) is 0 Å². The van der Waals surface area contributed by atoms with Crippen LogP contribution < -0.4 is 10.6 Å². The lowest BCUT2D eigenvalue weighted by molar-refractivity contribution is -0.136. The van der Waals surface area contributed by atoms with Crippen LogP contribution >= 0.6 is 0 Å². The Morgan fingerprint density at radius 3 is 2.76 bits per heavy atom. The van der Waals surface area contributed by atoms with E-state index < -0.39 is 17.6 Å². The van der Waals surface area contributed by atoms with Crippen molar-refractivity contribution in [2.24, 2.45) is 0 Å². The van der Waals surface area contributed by atoms with Crippen molar-refractivity contribution in [3.8, 4) is 0 Å². The normalized spacial score (nSPS) is 10.1. The molecule has 0 saturated carbocycles. The summed E-state index contributed by atoms with van der Waals surface area (Å²) in [5.41, 5.74) is -0.0175. The van der Waals surface area contributed by atoms with E-state index in [9.17, 15) is 14.0 Å². The van der Waals surface area contributed by atoms with Gasteiger partial charge in [0.05, 0.1) is 12.0 Å². The molecule has 2 amide bonds. The van der Waals surface area contributed by atoms with Crippen LogP contribution in [0.25, 0.3) is 0 Å². The standard InChI is InChI=1S/C14H15FN4O2/c15-11-4-1-2-5-12(11)18-14(21)13(20)17-6-3-8-19-9-7-16-10-19/h1-2,4-5,7,9-10H,3,6,8H2,(H,17,20)(H,18,21). The molecule has 21 heavy (non-hydrogen) atoms. The van der Waals surface area contributed by atoms with E-state index in [1.54, 1.807) is 18.6 Å². The predicted octanol–water partition coefficient (Wildman–Crippen LogP) is 1.17. The number of nitrogens with zero attached hydrogens (tertiary/aromatic N) is 2. The highest BCUT2D eigenvalue weighted by Crippen LogP contribution is 2.11. The number of carbonyl (C=O) groups is 2. The van der Waals surface area contributed by atoms with E-state index >= 15 is 0 Å². The van der Waals surface area contributed by atoms with E-state index in [0.717, 1.165) is 0 Å². The Hall–Kier alpha value is -2.70. The second kappa shape index (κ2) is 7.18. The van der Waals surface area contributed by atoms with Crippen molar-refractivity contribution in [2.75, 3.05) is 11.9 Å². The van der Waals surface area contributed by atoms with Crippen molar-refractivity contribution in [1.29, 1.82) is 0 Å². The molecule has 0 saturated heterocycles. The lowest BCUT2D eigenvalue weighted by Gasteiger charge is -2.07. The number of carbonyl (C=O) groups excluding carboxylic acids is 2. The molecule has 0 fully saturated rings. The highest BCUT2D eigenvalue weighted by atomic mass is 19.1. The van der Waals surface area contributed by atoms with E-state index in [1.165, 1.54) is 18.2 Å². The van der Waals surface area contributed by atoms with Gasteiger partial charge in [-0.25, -0.2) is 9.37 Å². The van der Waals surface area contributed by atoms with Crippen LogP contribution in [-0.2, 0) is 16.1 Å². The summed E-state index contributed by atoms with van der Waals surface area (Å²) in [5, 5.41) is 4.70. The highest BCUT2D eigenvalue weighted by molar-refractivity contribution is 6.39. The quantitative estimate of drug-likeness (QED) is 0.641. The molecule has 2 N–H and O–H groups in total. The first-order chi connectivity index (χ1) is 10.2. The molecule has 2 rings (SSSR count). The fourth-order valence-corrected chi connectivity index (χ4v) is 1.70. The summed E-state index contributed by atoms with van der Waals surface area (Å²) in [4.78, 5) is 27.0. The van der Waals surface area contributed by atoms with Gasteiger partial charge in [0.2, 0.25) is 0 Å². The Balaban J connectivity index is 1.73. The SMILES string of the molecule is O=C(NCCCn1ccnc1)C(=O)Nc1ccccc1F. The molecule has 2 aromatic rings. The number of hydrogen-bond acceptors (Lipinski definition) is 3. The van der Waals surface area contributed by atoms with Crippen LogP contribution in [0.3, 0.4) is 0 Å². The molecule has 1 aromatic heterocycles. The van der Waals surface area contributed by atoms with Gasteiger partial charge in [0.25, 0.3) is 0 Å². The zero-order valence-electron chi connectivity index (χ0n) is 11.3. The Labute approximate surface area is 121 Å². The predicted molar refractivity (Wildman–Crippen MR) is 74.9 cm³/mol. The average molecular weight is 290 g/mol. The van der Waals surface area contributed by atoms with Gasteiger partial charge in [-0.1, -0.05) is 12.1 Å². The third-order valence-electron chi connectivity index (χ3n) is 2.77. The van der Waals surface area contributed by atoms with Gasteiger partial charge in [-0.3, -0.25) is 9.59 Å². The molecule has 0 unspecified atom stereocenters. The van der Waals surface area contributed by atoms with Crippen LogP contribution in [0.1, 0.15) is 6.42 Å². The van der Waals surface area contributed by atoms with Crippen LogP contribution in [0.2, 0.25) is 0 Å². The summed E-state index contributed by atoms with van der Waals surface area (Å²) < 4.78 is 15.2. The van der Waals surface area contributed by atoms with Gasteiger partial charge >= 0.3 is 11.8 Å². The molecule has 0 aliphatic rings. The number of rotatable bonds is 5. The molecule has 0 aliphatic carbocycles. The molecule has 7 heteroatoms. The average Bonchev–Trinajstić information content (AvgIpc) is 2.99. The Bertz CT molecular complexity index is 613. The zero-order chi connectivity index (χ0) is 15.1. The van der Waals surface area contributed by atoms with Gasteiger partial charge in [0.1, 0.15) is 5.82 Å². The molecule has 6 nitrogen and oxygen atoms in total. The zero-order valence-corrected chi connectivity index (χ0v) is 11.3. The van der Waals surface area contributed by atoms with E-state index in [1.807, 2.05) is 10.8 Å². The monoisotopic (exact) mass is 290 g/mol. The lowest BCUT2D eigenvalue weighted by atomic mass is 10.3. The number of nitrogens with one attached hydrogen (secondary N) is 2. The molecule has 1 aromatic carbocycles. The fraction of sp³-hybridized carbons (Fsp3) is 0.214. The number of aromatic nitrogens is 2.